The Labute approximate surface area is 94.5 Å². The van der Waals surface area contributed by atoms with Crippen LogP contribution in [0.1, 0.15) is 13.8 Å². The second-order valence-electron chi connectivity index (χ2n) is 4.00. The first-order valence-corrected chi connectivity index (χ1v) is 7.80. The lowest BCUT2D eigenvalue weighted by Gasteiger charge is -2.37. The van der Waals surface area contributed by atoms with Crippen LogP contribution in [0.2, 0.25) is 6.04 Å². The molecule has 0 amide bonds. The summed E-state index contributed by atoms with van der Waals surface area (Å²) in [5.74, 6) is 0. The van der Waals surface area contributed by atoms with Gasteiger partial charge in [-0.2, -0.15) is 0 Å². The summed E-state index contributed by atoms with van der Waals surface area (Å²) >= 11 is 0. The van der Waals surface area contributed by atoms with Crippen molar-refractivity contribution in [1.82, 2.24) is 9.55 Å². The molecule has 0 aliphatic rings. The summed E-state index contributed by atoms with van der Waals surface area (Å²) in [6, 6.07) is 12.0. The summed E-state index contributed by atoms with van der Waals surface area (Å²) in [5.41, 5.74) is 0. The molecule has 0 aliphatic carbocycles. The highest BCUT2D eigenvalue weighted by atomic mass is 28.3. The number of nitrogens with one attached hydrogen (secondary N) is 1. The van der Waals surface area contributed by atoms with Crippen molar-refractivity contribution in [2.75, 3.05) is 20.6 Å². The first-order valence-electron chi connectivity index (χ1n) is 5.65. The van der Waals surface area contributed by atoms with E-state index in [0.29, 0.717) is 0 Å². The van der Waals surface area contributed by atoms with Crippen LogP contribution >= 0.6 is 0 Å². The highest BCUT2D eigenvalue weighted by Crippen LogP contribution is 2.09. The number of benzene rings is 1. The third-order valence-corrected chi connectivity index (χ3v) is 7.77. The smallest absolute Gasteiger partial charge is 0.236 e. The molecule has 84 valence electrons. The fraction of sp³-hybridized carbons (Fsp3) is 0.500. The van der Waals surface area contributed by atoms with Crippen molar-refractivity contribution in [3.63, 3.8) is 0 Å². The Balaban J connectivity index is 3.09. The third-order valence-electron chi connectivity index (χ3n) is 3.00. The Morgan fingerprint density at radius 3 is 2.13 bits per heavy atom. The maximum Gasteiger partial charge on any atom is 0.236 e. The predicted molar refractivity (Wildman–Crippen MR) is 69.7 cm³/mol. The van der Waals surface area contributed by atoms with Crippen LogP contribution in [-0.2, 0) is 0 Å². The van der Waals surface area contributed by atoms with E-state index in [9.17, 15) is 0 Å². The van der Waals surface area contributed by atoms with Crippen molar-refractivity contribution in [3.8, 4) is 0 Å². The molecule has 0 heterocycles. The zero-order chi connectivity index (χ0) is 11.3. The van der Waals surface area contributed by atoms with Crippen LogP contribution in [0.4, 0.5) is 0 Å². The van der Waals surface area contributed by atoms with Crippen LogP contribution in [0.25, 0.3) is 0 Å². The number of nitrogens with zero attached hydrogens (tertiary/aromatic N) is 1. The van der Waals surface area contributed by atoms with Crippen molar-refractivity contribution in [2.45, 2.75) is 19.9 Å². The van der Waals surface area contributed by atoms with Gasteiger partial charge >= 0.3 is 0 Å². The first-order chi connectivity index (χ1) is 7.17. The Morgan fingerprint density at radius 1 is 1.13 bits per heavy atom. The van der Waals surface area contributed by atoms with Gasteiger partial charge in [0, 0.05) is 0 Å². The van der Waals surface area contributed by atoms with Gasteiger partial charge in [0.1, 0.15) is 0 Å². The molecule has 0 bridgehead atoms. The van der Waals surface area contributed by atoms with E-state index < -0.39 is 8.40 Å². The average Bonchev–Trinajstić information content (AvgIpc) is 2.26. The SMILES string of the molecule is CCN[Si](CC)(c1ccccc1)N(C)C. The van der Waals surface area contributed by atoms with Gasteiger partial charge < -0.3 is 9.55 Å². The zero-order valence-corrected chi connectivity index (χ0v) is 11.2. The van der Waals surface area contributed by atoms with Gasteiger partial charge in [0.25, 0.3) is 0 Å². The van der Waals surface area contributed by atoms with Crippen LogP contribution in [0.15, 0.2) is 30.3 Å². The quantitative estimate of drug-likeness (QED) is 0.760. The number of hydrogen-bond donors (Lipinski definition) is 1. The maximum absolute atomic E-state index is 3.73. The van der Waals surface area contributed by atoms with E-state index in [4.69, 9.17) is 0 Å². The monoisotopic (exact) mass is 222 g/mol. The van der Waals surface area contributed by atoms with Crippen LogP contribution in [0, 0.1) is 0 Å². The lowest BCUT2D eigenvalue weighted by Crippen LogP contribution is -2.69. The lowest BCUT2D eigenvalue weighted by atomic mass is 10.4. The summed E-state index contributed by atoms with van der Waals surface area (Å²) in [7, 11) is 2.73. The minimum atomic E-state index is -1.64. The molecule has 0 saturated heterocycles. The molecule has 1 rings (SSSR count). The second kappa shape index (κ2) is 5.44. The highest BCUT2D eigenvalue weighted by molar-refractivity contribution is 6.87. The Morgan fingerprint density at radius 2 is 1.73 bits per heavy atom. The average molecular weight is 222 g/mol. The molecule has 0 saturated carbocycles. The van der Waals surface area contributed by atoms with E-state index in [1.54, 1.807) is 0 Å². The Hall–Kier alpha value is -0.643. The summed E-state index contributed by atoms with van der Waals surface area (Å²) in [6.45, 7) is 5.50. The molecular formula is C12H22N2Si. The summed E-state index contributed by atoms with van der Waals surface area (Å²) in [6.07, 6.45) is 0. The van der Waals surface area contributed by atoms with Crippen LogP contribution in [0.5, 0.6) is 0 Å². The molecule has 15 heavy (non-hydrogen) atoms. The third kappa shape index (κ3) is 2.48. The lowest BCUT2D eigenvalue weighted by molar-refractivity contribution is 0.595. The topological polar surface area (TPSA) is 15.3 Å². The molecule has 1 N–H and O–H groups in total. The predicted octanol–water partition coefficient (Wildman–Crippen LogP) is 1.53. The van der Waals surface area contributed by atoms with Gasteiger partial charge in [-0.3, -0.25) is 0 Å². The van der Waals surface area contributed by atoms with Crippen molar-refractivity contribution in [1.29, 1.82) is 0 Å². The van der Waals surface area contributed by atoms with Crippen LogP contribution in [0.3, 0.4) is 0 Å². The van der Waals surface area contributed by atoms with Crippen molar-refractivity contribution in [2.24, 2.45) is 0 Å². The van der Waals surface area contributed by atoms with Gasteiger partial charge in [0.05, 0.1) is 0 Å². The molecule has 0 radical (unpaired) electrons. The standard InChI is InChI=1S/C12H22N2Si/c1-5-13-15(6-2,14(3)4)12-10-8-7-9-11-12/h7-11,13H,5-6H2,1-4H3. The molecule has 2 nitrogen and oxygen atoms in total. The highest BCUT2D eigenvalue weighted by Gasteiger charge is 2.35. The first kappa shape index (κ1) is 12.4. The molecule has 1 aromatic carbocycles. The molecular weight excluding hydrogens is 200 g/mol. The maximum atomic E-state index is 3.73. The summed E-state index contributed by atoms with van der Waals surface area (Å²) in [5, 5.41) is 1.47. The van der Waals surface area contributed by atoms with Gasteiger partial charge in [0.15, 0.2) is 0 Å². The van der Waals surface area contributed by atoms with Crippen molar-refractivity contribution >= 4 is 13.6 Å². The van der Waals surface area contributed by atoms with Crippen molar-refractivity contribution < 1.29 is 0 Å². The van der Waals surface area contributed by atoms with Crippen LogP contribution < -0.4 is 10.2 Å². The fourth-order valence-electron chi connectivity index (χ4n) is 2.17. The van der Waals surface area contributed by atoms with Gasteiger partial charge in [-0.25, -0.2) is 0 Å². The second-order valence-corrected chi connectivity index (χ2v) is 8.26. The molecule has 1 aromatic rings. The molecule has 1 atom stereocenters. The minimum absolute atomic E-state index is 1.03. The van der Waals surface area contributed by atoms with Crippen molar-refractivity contribution in [3.05, 3.63) is 30.3 Å². The van der Waals surface area contributed by atoms with E-state index in [1.807, 2.05) is 0 Å². The normalized spacial score (nSPS) is 15.3. The molecule has 1 unspecified atom stereocenters. The fourth-order valence-corrected chi connectivity index (χ4v) is 5.83. The minimum Gasteiger partial charge on any atom is -0.322 e. The molecule has 0 aliphatic heterocycles. The molecule has 0 spiro atoms. The van der Waals surface area contributed by atoms with E-state index >= 15 is 0 Å². The van der Waals surface area contributed by atoms with E-state index in [-0.39, 0.29) is 0 Å². The van der Waals surface area contributed by atoms with Gasteiger partial charge in [0.2, 0.25) is 8.40 Å². The van der Waals surface area contributed by atoms with E-state index in [0.717, 1.165) is 6.54 Å². The van der Waals surface area contributed by atoms with E-state index in [1.165, 1.54) is 11.2 Å². The van der Waals surface area contributed by atoms with Gasteiger partial charge in [-0.05, 0) is 31.9 Å². The Kier molecular flexibility index (Phi) is 4.51. The molecule has 0 aromatic heterocycles. The number of hydrogen-bond acceptors (Lipinski definition) is 2. The number of rotatable bonds is 5. The summed E-state index contributed by atoms with van der Waals surface area (Å²) < 4.78 is 2.39. The van der Waals surface area contributed by atoms with Crippen LogP contribution in [-0.4, -0.2) is 33.6 Å². The zero-order valence-electron chi connectivity index (χ0n) is 10.2. The Bertz CT molecular complexity index is 287. The molecule has 0 fully saturated rings. The van der Waals surface area contributed by atoms with Gasteiger partial charge in [-0.15, -0.1) is 0 Å². The van der Waals surface area contributed by atoms with E-state index in [2.05, 4.69) is 67.8 Å². The largest absolute Gasteiger partial charge is 0.322 e. The molecule has 3 heteroatoms. The summed E-state index contributed by atoms with van der Waals surface area (Å²) in [4.78, 5) is 3.73. The van der Waals surface area contributed by atoms with Gasteiger partial charge in [-0.1, -0.05) is 44.2 Å².